The molecule has 1 aliphatic rings. The molecule has 5 rings (SSSR count). The van der Waals surface area contributed by atoms with Crippen LogP contribution in [0.3, 0.4) is 0 Å². The molecule has 160 valence electrons. The molecule has 4 aromatic rings. The first-order valence-electron chi connectivity index (χ1n) is 9.74. The van der Waals surface area contributed by atoms with Crippen molar-refractivity contribution in [2.75, 3.05) is 31.2 Å². The fraction of sp³-hybridized carbons (Fsp3) is 0.300. The summed E-state index contributed by atoms with van der Waals surface area (Å²) in [6.07, 6.45) is 0. The summed E-state index contributed by atoms with van der Waals surface area (Å²) in [4.78, 5) is 19.8. The summed E-state index contributed by atoms with van der Waals surface area (Å²) in [5, 5.41) is 11.3. The van der Waals surface area contributed by atoms with Gasteiger partial charge in [0.25, 0.3) is 5.56 Å². The van der Waals surface area contributed by atoms with Crippen molar-refractivity contribution in [1.29, 1.82) is 0 Å². The van der Waals surface area contributed by atoms with E-state index >= 15 is 0 Å². The normalized spacial score (nSPS) is 14.5. The van der Waals surface area contributed by atoms with E-state index in [1.165, 1.54) is 35.2 Å². The molecule has 0 spiro atoms. The van der Waals surface area contributed by atoms with Crippen LogP contribution >= 0.6 is 23.1 Å². The van der Waals surface area contributed by atoms with Gasteiger partial charge in [0, 0.05) is 36.0 Å². The van der Waals surface area contributed by atoms with E-state index in [4.69, 9.17) is 4.74 Å². The highest BCUT2D eigenvalue weighted by Gasteiger charge is 2.22. The molecule has 1 aromatic carbocycles. The van der Waals surface area contributed by atoms with E-state index in [1.807, 2.05) is 22.9 Å². The summed E-state index contributed by atoms with van der Waals surface area (Å²) < 4.78 is 22.9. The molecule has 0 N–H and O–H groups in total. The zero-order valence-electron chi connectivity index (χ0n) is 16.7. The second-order valence-corrected chi connectivity index (χ2v) is 8.85. The van der Waals surface area contributed by atoms with E-state index < -0.39 is 0 Å². The van der Waals surface area contributed by atoms with E-state index in [9.17, 15) is 9.18 Å². The molecule has 11 heteroatoms. The minimum absolute atomic E-state index is 0.0973. The quantitative estimate of drug-likeness (QED) is 0.426. The summed E-state index contributed by atoms with van der Waals surface area (Å²) in [7, 11) is 0. The monoisotopic (exact) mass is 458 g/mol. The summed E-state index contributed by atoms with van der Waals surface area (Å²) in [5.74, 6) is 0.760. The standard InChI is InChI=1S/C20H19FN6O2S2/c1-13-11-30-19-22-15(10-17(28)26(13)19)12-31-20-24-23-18(25-5-7-29-8-6-25)27(20)16-4-2-3-14(21)9-16/h2-4,9-11H,5-8,12H2,1H3. The number of rotatable bonds is 5. The van der Waals surface area contributed by atoms with Gasteiger partial charge >= 0.3 is 0 Å². The van der Waals surface area contributed by atoms with E-state index in [0.717, 1.165) is 5.69 Å². The van der Waals surface area contributed by atoms with Gasteiger partial charge in [0.1, 0.15) is 5.82 Å². The number of aryl methyl sites for hydroxylation is 1. The Morgan fingerprint density at radius 2 is 2.06 bits per heavy atom. The number of hydrogen-bond acceptors (Lipinski definition) is 8. The molecule has 1 fully saturated rings. The summed E-state index contributed by atoms with van der Waals surface area (Å²) in [6, 6.07) is 7.90. The number of thioether (sulfide) groups is 1. The fourth-order valence-electron chi connectivity index (χ4n) is 3.48. The third-order valence-corrected chi connectivity index (χ3v) is 6.86. The Morgan fingerprint density at radius 3 is 2.87 bits per heavy atom. The summed E-state index contributed by atoms with van der Waals surface area (Å²) >= 11 is 2.85. The highest BCUT2D eigenvalue weighted by Crippen LogP contribution is 2.29. The fourth-order valence-corrected chi connectivity index (χ4v) is 5.21. The maximum Gasteiger partial charge on any atom is 0.258 e. The molecule has 1 saturated heterocycles. The van der Waals surface area contributed by atoms with Crippen molar-refractivity contribution in [1.82, 2.24) is 24.1 Å². The van der Waals surface area contributed by atoms with Gasteiger partial charge in [-0.15, -0.1) is 21.5 Å². The van der Waals surface area contributed by atoms with Crippen LogP contribution in [0.1, 0.15) is 11.4 Å². The number of anilines is 1. The molecule has 31 heavy (non-hydrogen) atoms. The van der Waals surface area contributed by atoms with E-state index in [-0.39, 0.29) is 11.4 Å². The SMILES string of the molecule is Cc1csc2nc(CSc3nnc(N4CCOCC4)n3-c3cccc(F)c3)cc(=O)n12. The first-order valence-corrected chi connectivity index (χ1v) is 11.6. The van der Waals surface area contributed by atoms with Gasteiger partial charge in [-0.25, -0.2) is 9.37 Å². The Kier molecular flexibility index (Phi) is 5.47. The molecule has 0 bridgehead atoms. The molecular formula is C20H19FN6O2S2. The molecule has 3 aromatic heterocycles. The summed E-state index contributed by atoms with van der Waals surface area (Å²) in [6.45, 7) is 4.46. The van der Waals surface area contributed by atoms with Crippen LogP contribution in [-0.4, -0.2) is 50.5 Å². The van der Waals surface area contributed by atoms with Crippen molar-refractivity contribution in [3.05, 3.63) is 63.3 Å². The van der Waals surface area contributed by atoms with Crippen molar-refractivity contribution in [3.8, 4) is 5.69 Å². The second kappa shape index (κ2) is 8.40. The second-order valence-electron chi connectivity index (χ2n) is 7.07. The van der Waals surface area contributed by atoms with Gasteiger partial charge in [-0.3, -0.25) is 13.8 Å². The maximum absolute atomic E-state index is 14.0. The summed E-state index contributed by atoms with van der Waals surface area (Å²) in [5.41, 5.74) is 2.09. The average molecular weight is 459 g/mol. The van der Waals surface area contributed by atoms with Crippen LogP contribution in [0, 0.1) is 12.7 Å². The number of halogens is 1. The lowest BCUT2D eigenvalue weighted by atomic mass is 10.3. The lowest BCUT2D eigenvalue weighted by Gasteiger charge is -2.27. The predicted octanol–water partition coefficient (Wildman–Crippen LogP) is 2.91. The Labute approximate surface area is 185 Å². The van der Waals surface area contributed by atoms with Crippen LogP contribution in [0.15, 0.2) is 45.7 Å². The van der Waals surface area contributed by atoms with Crippen LogP contribution < -0.4 is 10.5 Å². The molecule has 0 unspecified atom stereocenters. The number of benzene rings is 1. The first-order chi connectivity index (χ1) is 15.1. The van der Waals surface area contributed by atoms with E-state index in [0.29, 0.717) is 59.5 Å². The third-order valence-electron chi connectivity index (χ3n) is 4.95. The Hall–Kier alpha value is -2.76. The molecule has 1 aliphatic heterocycles. The number of thiazole rings is 1. The van der Waals surface area contributed by atoms with Crippen LogP contribution in [0.4, 0.5) is 10.3 Å². The molecule has 0 aliphatic carbocycles. The molecular weight excluding hydrogens is 439 g/mol. The van der Waals surface area contributed by atoms with Gasteiger partial charge in [-0.1, -0.05) is 17.8 Å². The molecule has 4 heterocycles. The van der Waals surface area contributed by atoms with E-state index in [1.54, 1.807) is 16.5 Å². The predicted molar refractivity (Wildman–Crippen MR) is 118 cm³/mol. The molecule has 8 nitrogen and oxygen atoms in total. The lowest BCUT2D eigenvalue weighted by Crippen LogP contribution is -2.37. The van der Waals surface area contributed by atoms with Crippen molar-refractivity contribution in [2.45, 2.75) is 17.8 Å². The Bertz CT molecular complexity index is 1290. The molecule has 0 atom stereocenters. The number of nitrogens with zero attached hydrogens (tertiary/aromatic N) is 6. The maximum atomic E-state index is 14.0. The molecule has 0 saturated carbocycles. The van der Waals surface area contributed by atoms with Gasteiger partial charge in [-0.05, 0) is 25.1 Å². The van der Waals surface area contributed by atoms with Crippen LogP contribution in [0.5, 0.6) is 0 Å². The largest absolute Gasteiger partial charge is 0.378 e. The van der Waals surface area contributed by atoms with E-state index in [2.05, 4.69) is 20.1 Å². The lowest BCUT2D eigenvalue weighted by molar-refractivity contribution is 0.122. The van der Waals surface area contributed by atoms with Crippen molar-refractivity contribution in [2.24, 2.45) is 0 Å². The number of hydrogen-bond donors (Lipinski definition) is 0. The zero-order chi connectivity index (χ0) is 21.4. The van der Waals surface area contributed by atoms with Crippen molar-refractivity contribution >= 4 is 34.0 Å². The number of aromatic nitrogens is 5. The average Bonchev–Trinajstić information content (AvgIpc) is 3.37. The van der Waals surface area contributed by atoms with Gasteiger partial charge in [0.05, 0.1) is 24.6 Å². The van der Waals surface area contributed by atoms with Crippen LogP contribution in [-0.2, 0) is 10.5 Å². The van der Waals surface area contributed by atoms with Gasteiger partial charge in [-0.2, -0.15) is 0 Å². The van der Waals surface area contributed by atoms with Gasteiger partial charge in [0.15, 0.2) is 10.1 Å². The van der Waals surface area contributed by atoms with Crippen LogP contribution in [0.2, 0.25) is 0 Å². The van der Waals surface area contributed by atoms with Crippen molar-refractivity contribution in [3.63, 3.8) is 0 Å². The Balaban J connectivity index is 1.49. The Morgan fingerprint density at radius 1 is 1.23 bits per heavy atom. The number of morpholine rings is 1. The highest BCUT2D eigenvalue weighted by atomic mass is 32.2. The molecule has 0 amide bonds. The highest BCUT2D eigenvalue weighted by molar-refractivity contribution is 7.98. The number of ether oxygens (including phenoxy) is 1. The first kappa shape index (κ1) is 20.2. The minimum Gasteiger partial charge on any atom is -0.378 e. The van der Waals surface area contributed by atoms with Crippen molar-refractivity contribution < 1.29 is 9.13 Å². The van der Waals surface area contributed by atoms with Gasteiger partial charge in [0.2, 0.25) is 5.95 Å². The topological polar surface area (TPSA) is 77.5 Å². The third kappa shape index (κ3) is 3.95. The smallest absolute Gasteiger partial charge is 0.258 e. The molecule has 0 radical (unpaired) electrons. The number of fused-ring (bicyclic) bond motifs is 1. The minimum atomic E-state index is -0.330. The van der Waals surface area contributed by atoms with Gasteiger partial charge < -0.3 is 9.64 Å². The zero-order valence-corrected chi connectivity index (χ0v) is 18.3. The van der Waals surface area contributed by atoms with Crippen LogP contribution in [0.25, 0.3) is 10.6 Å².